The summed E-state index contributed by atoms with van der Waals surface area (Å²) in [6.45, 7) is 6.25. The van der Waals surface area contributed by atoms with Gasteiger partial charge in [0.2, 0.25) is 0 Å². The summed E-state index contributed by atoms with van der Waals surface area (Å²) in [5, 5.41) is 5.40. The molecule has 0 aromatic carbocycles. The predicted octanol–water partition coefficient (Wildman–Crippen LogP) is 2.37. The Bertz CT molecular complexity index is 548. The van der Waals surface area contributed by atoms with Crippen LogP contribution in [0.2, 0.25) is 0 Å². The molecule has 2 aromatic heterocycles. The first-order chi connectivity index (χ1) is 8.75. The summed E-state index contributed by atoms with van der Waals surface area (Å²) < 4.78 is 0. The molecular weight excluding hydrogens is 244 g/mol. The lowest BCUT2D eigenvalue weighted by Gasteiger charge is -2.21. The number of rotatable bonds is 2. The number of aromatic nitrogens is 3. The van der Waals surface area contributed by atoms with E-state index in [1.165, 1.54) is 11.3 Å². The Morgan fingerprint density at radius 3 is 2.94 bits per heavy atom. The Labute approximate surface area is 111 Å². The fourth-order valence-electron chi connectivity index (χ4n) is 2.28. The van der Waals surface area contributed by atoms with Gasteiger partial charge < -0.3 is 5.32 Å². The lowest BCUT2D eigenvalue weighted by molar-refractivity contribution is 0.609. The number of fused-ring (bicyclic) bond motifs is 1. The van der Waals surface area contributed by atoms with Crippen molar-refractivity contribution in [3.8, 4) is 11.5 Å². The van der Waals surface area contributed by atoms with Crippen LogP contribution in [-0.4, -0.2) is 21.5 Å². The number of hydrogen-bond donors (Lipinski definition) is 1. The summed E-state index contributed by atoms with van der Waals surface area (Å²) in [5.74, 6) is 1.19. The molecule has 0 atom stereocenters. The molecule has 0 aliphatic carbocycles. The zero-order valence-electron chi connectivity index (χ0n) is 10.6. The first kappa shape index (κ1) is 11.7. The molecule has 1 N–H and O–H groups in total. The minimum atomic E-state index is 0.416. The smallest absolute Gasteiger partial charge is 0.179 e. The number of nitrogens with one attached hydrogen (secondary N) is 1. The van der Waals surface area contributed by atoms with Gasteiger partial charge in [0.25, 0.3) is 0 Å². The van der Waals surface area contributed by atoms with Crippen LogP contribution in [0, 0.1) is 0 Å². The Hall–Kier alpha value is -1.33. The molecule has 3 rings (SSSR count). The van der Waals surface area contributed by atoms with Crippen molar-refractivity contribution in [2.45, 2.75) is 32.7 Å². The first-order valence-electron chi connectivity index (χ1n) is 6.24. The summed E-state index contributed by atoms with van der Waals surface area (Å²) >= 11 is 1.58. The molecule has 0 fully saturated rings. The molecule has 1 aliphatic heterocycles. The topological polar surface area (TPSA) is 50.7 Å². The van der Waals surface area contributed by atoms with Crippen molar-refractivity contribution in [3.63, 3.8) is 0 Å². The fourth-order valence-corrected chi connectivity index (χ4v) is 2.81. The van der Waals surface area contributed by atoms with Crippen LogP contribution in [0.5, 0.6) is 0 Å². The zero-order chi connectivity index (χ0) is 12.5. The maximum absolute atomic E-state index is 4.72. The second-order valence-corrected chi connectivity index (χ2v) is 5.53. The van der Waals surface area contributed by atoms with Crippen molar-refractivity contribution in [1.29, 1.82) is 0 Å². The lowest BCUT2D eigenvalue weighted by atomic mass is 9.98. The van der Waals surface area contributed by atoms with E-state index in [0.29, 0.717) is 5.92 Å². The van der Waals surface area contributed by atoms with Crippen molar-refractivity contribution in [2.24, 2.45) is 0 Å². The van der Waals surface area contributed by atoms with Gasteiger partial charge in [-0.05, 0) is 5.92 Å². The van der Waals surface area contributed by atoms with Crippen molar-refractivity contribution >= 4 is 11.3 Å². The Morgan fingerprint density at radius 1 is 1.33 bits per heavy atom. The second kappa shape index (κ2) is 4.74. The van der Waals surface area contributed by atoms with E-state index in [1.807, 2.05) is 10.9 Å². The highest BCUT2D eigenvalue weighted by Crippen LogP contribution is 2.25. The maximum atomic E-state index is 4.72. The van der Waals surface area contributed by atoms with Gasteiger partial charge in [-0.15, -0.1) is 11.3 Å². The van der Waals surface area contributed by atoms with E-state index in [-0.39, 0.29) is 0 Å². The molecule has 5 heteroatoms. The minimum Gasteiger partial charge on any atom is -0.312 e. The molecule has 1 aliphatic rings. The highest BCUT2D eigenvalue weighted by atomic mass is 32.1. The van der Waals surface area contributed by atoms with Gasteiger partial charge in [0.15, 0.2) is 5.82 Å². The molecule has 0 amide bonds. The Balaban J connectivity index is 2.15. The van der Waals surface area contributed by atoms with Crippen LogP contribution in [0.4, 0.5) is 0 Å². The van der Waals surface area contributed by atoms with E-state index >= 15 is 0 Å². The largest absolute Gasteiger partial charge is 0.312 e. The van der Waals surface area contributed by atoms with E-state index in [4.69, 9.17) is 9.97 Å². The summed E-state index contributed by atoms with van der Waals surface area (Å²) in [4.78, 5) is 13.7. The molecule has 94 valence electrons. The van der Waals surface area contributed by atoms with Crippen molar-refractivity contribution in [1.82, 2.24) is 20.3 Å². The highest BCUT2D eigenvalue weighted by molar-refractivity contribution is 7.07. The standard InChI is InChI=1S/C13H16N4S/c1-8(2)12-9-5-14-4-3-10(9)16-13(17-12)11-6-18-7-15-11/h6-8,14H,3-5H2,1-2H3. The van der Waals surface area contributed by atoms with Crippen molar-refractivity contribution in [3.05, 3.63) is 27.8 Å². The summed E-state index contributed by atoms with van der Waals surface area (Å²) in [7, 11) is 0. The average molecular weight is 260 g/mol. The van der Waals surface area contributed by atoms with Crippen LogP contribution in [0.15, 0.2) is 10.9 Å². The molecule has 0 saturated heterocycles. The fraction of sp³-hybridized carbons (Fsp3) is 0.462. The summed E-state index contributed by atoms with van der Waals surface area (Å²) in [6.07, 6.45) is 0.981. The normalized spacial score (nSPS) is 14.8. The third-order valence-electron chi connectivity index (χ3n) is 3.17. The van der Waals surface area contributed by atoms with Crippen LogP contribution in [-0.2, 0) is 13.0 Å². The molecule has 0 saturated carbocycles. The summed E-state index contributed by atoms with van der Waals surface area (Å²) in [6, 6.07) is 0. The third kappa shape index (κ3) is 2.04. The molecule has 0 bridgehead atoms. The minimum absolute atomic E-state index is 0.416. The van der Waals surface area contributed by atoms with E-state index in [2.05, 4.69) is 24.1 Å². The van der Waals surface area contributed by atoms with Gasteiger partial charge in [-0.1, -0.05) is 13.8 Å². The first-order valence-corrected chi connectivity index (χ1v) is 7.19. The second-order valence-electron chi connectivity index (χ2n) is 4.81. The molecule has 18 heavy (non-hydrogen) atoms. The molecule has 0 radical (unpaired) electrons. The monoisotopic (exact) mass is 260 g/mol. The highest BCUT2D eigenvalue weighted by Gasteiger charge is 2.20. The van der Waals surface area contributed by atoms with Crippen LogP contribution < -0.4 is 5.32 Å². The van der Waals surface area contributed by atoms with E-state index in [1.54, 1.807) is 11.3 Å². The zero-order valence-corrected chi connectivity index (χ0v) is 11.4. The average Bonchev–Trinajstić information content (AvgIpc) is 2.91. The van der Waals surface area contributed by atoms with Crippen molar-refractivity contribution < 1.29 is 0 Å². The Morgan fingerprint density at radius 2 is 2.22 bits per heavy atom. The SMILES string of the molecule is CC(C)c1nc(-c2cscn2)nc2c1CNCC2. The van der Waals surface area contributed by atoms with Crippen LogP contribution in [0.25, 0.3) is 11.5 Å². The molecule has 4 nitrogen and oxygen atoms in total. The molecule has 0 spiro atoms. The van der Waals surface area contributed by atoms with Gasteiger partial charge in [0.05, 0.1) is 16.9 Å². The number of hydrogen-bond acceptors (Lipinski definition) is 5. The van der Waals surface area contributed by atoms with Crippen LogP contribution >= 0.6 is 11.3 Å². The van der Waals surface area contributed by atoms with Gasteiger partial charge in [-0.2, -0.15) is 0 Å². The molecule has 3 heterocycles. The lowest BCUT2D eigenvalue weighted by Crippen LogP contribution is -2.27. The predicted molar refractivity (Wildman–Crippen MR) is 72.6 cm³/mol. The van der Waals surface area contributed by atoms with E-state index in [9.17, 15) is 0 Å². The number of nitrogens with zero attached hydrogens (tertiary/aromatic N) is 3. The maximum Gasteiger partial charge on any atom is 0.179 e. The van der Waals surface area contributed by atoms with E-state index < -0.39 is 0 Å². The third-order valence-corrected chi connectivity index (χ3v) is 3.76. The van der Waals surface area contributed by atoms with E-state index in [0.717, 1.165) is 36.7 Å². The molecule has 0 unspecified atom stereocenters. The summed E-state index contributed by atoms with van der Waals surface area (Å²) in [5.41, 5.74) is 6.36. The Kier molecular flexibility index (Phi) is 3.09. The number of thiazole rings is 1. The van der Waals surface area contributed by atoms with Gasteiger partial charge in [-0.25, -0.2) is 15.0 Å². The molecular formula is C13H16N4S. The van der Waals surface area contributed by atoms with Crippen LogP contribution in [0.3, 0.4) is 0 Å². The van der Waals surface area contributed by atoms with Crippen LogP contribution in [0.1, 0.15) is 36.7 Å². The molecule has 2 aromatic rings. The van der Waals surface area contributed by atoms with Gasteiger partial charge in [0, 0.05) is 30.5 Å². The van der Waals surface area contributed by atoms with Gasteiger partial charge >= 0.3 is 0 Å². The van der Waals surface area contributed by atoms with Gasteiger partial charge in [-0.3, -0.25) is 0 Å². The van der Waals surface area contributed by atoms with Gasteiger partial charge in [0.1, 0.15) is 5.69 Å². The quantitative estimate of drug-likeness (QED) is 0.900. The van der Waals surface area contributed by atoms with Crippen molar-refractivity contribution in [2.75, 3.05) is 6.54 Å².